The van der Waals surface area contributed by atoms with Crippen LogP contribution in [0.1, 0.15) is 16.8 Å². The van der Waals surface area contributed by atoms with E-state index < -0.39 is 5.91 Å². The number of amides is 2. The lowest BCUT2D eigenvalue weighted by atomic mass is 10.2. The zero-order valence-electron chi connectivity index (χ0n) is 13.5. The molecule has 0 bridgehead atoms. The van der Waals surface area contributed by atoms with Gasteiger partial charge in [0, 0.05) is 16.3 Å². The summed E-state index contributed by atoms with van der Waals surface area (Å²) in [5, 5.41) is 3.45. The lowest BCUT2D eigenvalue weighted by molar-refractivity contribution is -0.113. The van der Waals surface area contributed by atoms with Gasteiger partial charge >= 0.3 is 0 Å². The number of thioether (sulfide) groups is 1. The van der Waals surface area contributed by atoms with E-state index >= 15 is 0 Å². The number of halogens is 1. The average Bonchev–Trinajstić information content (AvgIpc) is 2.60. The standard InChI is InChI=1S/C18H19ClN2O3S/c19-14-4-8-16(9-5-14)24-10-1-11-25-12-17(22)21-15-6-2-13(3-7-15)18(20)23/h2-9H,1,10-12H2,(H2,20,23)(H,21,22). The molecule has 132 valence electrons. The van der Waals surface area contributed by atoms with Gasteiger partial charge in [-0.25, -0.2) is 0 Å². The quantitative estimate of drug-likeness (QED) is 0.653. The summed E-state index contributed by atoms with van der Waals surface area (Å²) >= 11 is 7.35. The summed E-state index contributed by atoms with van der Waals surface area (Å²) in [6.45, 7) is 0.588. The van der Waals surface area contributed by atoms with Gasteiger partial charge < -0.3 is 15.8 Å². The maximum absolute atomic E-state index is 11.9. The molecule has 0 heterocycles. The third-order valence-electron chi connectivity index (χ3n) is 3.20. The zero-order chi connectivity index (χ0) is 18.1. The molecule has 2 rings (SSSR count). The van der Waals surface area contributed by atoms with Crippen molar-refractivity contribution in [3.05, 3.63) is 59.1 Å². The molecule has 0 spiro atoms. The molecule has 2 amide bonds. The highest BCUT2D eigenvalue weighted by Crippen LogP contribution is 2.16. The molecule has 0 aromatic heterocycles. The molecular weight excluding hydrogens is 360 g/mol. The van der Waals surface area contributed by atoms with Gasteiger partial charge in [0.2, 0.25) is 11.8 Å². The summed E-state index contributed by atoms with van der Waals surface area (Å²) in [5.41, 5.74) is 6.22. The van der Waals surface area contributed by atoms with Crippen LogP contribution in [0.3, 0.4) is 0 Å². The second kappa shape index (κ2) is 9.96. The fourth-order valence-corrected chi connectivity index (χ4v) is 2.81. The van der Waals surface area contributed by atoms with Crippen LogP contribution in [0.15, 0.2) is 48.5 Å². The van der Waals surface area contributed by atoms with Crippen LogP contribution >= 0.6 is 23.4 Å². The minimum atomic E-state index is -0.491. The lowest BCUT2D eigenvalue weighted by Gasteiger charge is -2.07. The Morgan fingerprint density at radius 3 is 2.40 bits per heavy atom. The normalized spacial score (nSPS) is 10.3. The van der Waals surface area contributed by atoms with Gasteiger partial charge in [-0.3, -0.25) is 9.59 Å². The number of nitrogens with two attached hydrogens (primary N) is 1. The summed E-state index contributed by atoms with van der Waals surface area (Å²) in [6, 6.07) is 13.7. The SMILES string of the molecule is NC(=O)c1ccc(NC(=O)CSCCCOc2ccc(Cl)cc2)cc1. The molecule has 25 heavy (non-hydrogen) atoms. The molecule has 0 aliphatic carbocycles. The maximum Gasteiger partial charge on any atom is 0.248 e. The fourth-order valence-electron chi connectivity index (χ4n) is 1.96. The van der Waals surface area contributed by atoms with Gasteiger partial charge in [-0.2, -0.15) is 11.8 Å². The topological polar surface area (TPSA) is 81.4 Å². The molecule has 3 N–H and O–H groups in total. The summed E-state index contributed by atoms with van der Waals surface area (Å²) in [4.78, 5) is 22.8. The number of nitrogens with one attached hydrogen (secondary N) is 1. The van der Waals surface area contributed by atoms with Gasteiger partial charge in [0.15, 0.2) is 0 Å². The van der Waals surface area contributed by atoms with Crippen LogP contribution in [-0.4, -0.2) is 29.9 Å². The van der Waals surface area contributed by atoms with Crippen molar-refractivity contribution < 1.29 is 14.3 Å². The number of primary amides is 1. The van der Waals surface area contributed by atoms with Crippen LogP contribution in [0.4, 0.5) is 5.69 Å². The smallest absolute Gasteiger partial charge is 0.248 e. The second-order valence-electron chi connectivity index (χ2n) is 5.20. The van der Waals surface area contributed by atoms with Crippen molar-refractivity contribution in [2.24, 2.45) is 5.73 Å². The molecule has 0 saturated carbocycles. The van der Waals surface area contributed by atoms with Crippen molar-refractivity contribution in [3.63, 3.8) is 0 Å². The number of carbonyl (C=O) groups excluding carboxylic acids is 2. The number of hydrogen-bond acceptors (Lipinski definition) is 4. The highest BCUT2D eigenvalue weighted by molar-refractivity contribution is 7.99. The van der Waals surface area contributed by atoms with Crippen LogP contribution in [-0.2, 0) is 4.79 Å². The van der Waals surface area contributed by atoms with Gasteiger partial charge in [-0.15, -0.1) is 0 Å². The average molecular weight is 379 g/mol. The molecule has 2 aromatic rings. The second-order valence-corrected chi connectivity index (χ2v) is 6.74. The highest BCUT2D eigenvalue weighted by Gasteiger charge is 2.04. The number of anilines is 1. The van der Waals surface area contributed by atoms with Gasteiger partial charge in [-0.1, -0.05) is 11.6 Å². The molecular formula is C18H19ClN2O3S. The third kappa shape index (κ3) is 7.07. The van der Waals surface area contributed by atoms with Crippen molar-refractivity contribution in [1.82, 2.24) is 0 Å². The summed E-state index contributed by atoms with van der Waals surface area (Å²) in [6.07, 6.45) is 0.841. The van der Waals surface area contributed by atoms with Crippen molar-refractivity contribution in [1.29, 1.82) is 0 Å². The first kappa shape index (κ1) is 19.1. The predicted molar refractivity (Wildman–Crippen MR) is 102 cm³/mol. The molecule has 0 atom stereocenters. The van der Waals surface area contributed by atoms with Crippen molar-refractivity contribution >= 4 is 40.9 Å². The van der Waals surface area contributed by atoms with E-state index in [-0.39, 0.29) is 5.91 Å². The number of ether oxygens (including phenoxy) is 1. The third-order valence-corrected chi connectivity index (χ3v) is 4.50. The fraction of sp³-hybridized carbons (Fsp3) is 0.222. The first-order chi connectivity index (χ1) is 12.0. The number of carbonyl (C=O) groups is 2. The monoisotopic (exact) mass is 378 g/mol. The summed E-state index contributed by atoms with van der Waals surface area (Å²) < 4.78 is 5.58. The summed E-state index contributed by atoms with van der Waals surface area (Å²) in [5.74, 6) is 1.39. The molecule has 7 heteroatoms. The van der Waals surface area contributed by atoms with Crippen LogP contribution < -0.4 is 15.8 Å². The minimum absolute atomic E-state index is 0.0876. The Balaban J connectivity index is 1.59. The van der Waals surface area contributed by atoms with E-state index in [1.807, 2.05) is 12.1 Å². The minimum Gasteiger partial charge on any atom is -0.494 e. The first-order valence-electron chi connectivity index (χ1n) is 7.70. The zero-order valence-corrected chi connectivity index (χ0v) is 15.1. The molecule has 0 aliphatic rings. The van der Waals surface area contributed by atoms with E-state index in [1.165, 1.54) is 11.8 Å². The Bertz CT molecular complexity index is 705. The number of rotatable bonds is 9. The van der Waals surface area contributed by atoms with Gasteiger partial charge in [0.05, 0.1) is 12.4 Å². The van der Waals surface area contributed by atoms with Gasteiger partial charge in [0.25, 0.3) is 0 Å². The van der Waals surface area contributed by atoms with E-state index in [4.69, 9.17) is 22.1 Å². The van der Waals surface area contributed by atoms with E-state index in [9.17, 15) is 9.59 Å². The van der Waals surface area contributed by atoms with Crippen LogP contribution in [0.5, 0.6) is 5.75 Å². The maximum atomic E-state index is 11.9. The lowest BCUT2D eigenvalue weighted by Crippen LogP contribution is -2.15. The molecule has 0 aliphatic heterocycles. The number of hydrogen-bond donors (Lipinski definition) is 2. The molecule has 0 radical (unpaired) electrons. The van der Waals surface area contributed by atoms with Crippen LogP contribution in [0.25, 0.3) is 0 Å². The van der Waals surface area contributed by atoms with Gasteiger partial charge in [-0.05, 0) is 60.7 Å². The Labute approximate surface area is 155 Å². The molecule has 0 fully saturated rings. The Hall–Kier alpha value is -2.18. The Morgan fingerprint density at radius 2 is 1.76 bits per heavy atom. The number of benzene rings is 2. The predicted octanol–water partition coefficient (Wildman–Crippen LogP) is 3.58. The van der Waals surface area contributed by atoms with E-state index in [2.05, 4.69) is 5.32 Å². The van der Waals surface area contributed by atoms with Crippen molar-refractivity contribution in [2.45, 2.75) is 6.42 Å². The van der Waals surface area contributed by atoms with Crippen LogP contribution in [0, 0.1) is 0 Å². The molecule has 0 unspecified atom stereocenters. The largest absolute Gasteiger partial charge is 0.494 e. The Kier molecular flexibility index (Phi) is 7.63. The summed E-state index contributed by atoms with van der Waals surface area (Å²) in [7, 11) is 0. The van der Waals surface area contributed by atoms with Crippen molar-refractivity contribution in [2.75, 3.05) is 23.4 Å². The van der Waals surface area contributed by atoms with Crippen molar-refractivity contribution in [3.8, 4) is 5.75 Å². The Morgan fingerprint density at radius 1 is 1.08 bits per heavy atom. The molecule has 2 aromatic carbocycles. The van der Waals surface area contributed by atoms with E-state index in [0.29, 0.717) is 28.6 Å². The van der Waals surface area contributed by atoms with Gasteiger partial charge in [0.1, 0.15) is 5.75 Å². The molecule has 5 nitrogen and oxygen atoms in total. The van der Waals surface area contributed by atoms with E-state index in [1.54, 1.807) is 36.4 Å². The van der Waals surface area contributed by atoms with E-state index in [0.717, 1.165) is 17.9 Å². The first-order valence-corrected chi connectivity index (χ1v) is 9.24. The molecule has 0 saturated heterocycles. The highest BCUT2D eigenvalue weighted by atomic mass is 35.5. The van der Waals surface area contributed by atoms with Crippen LogP contribution in [0.2, 0.25) is 5.02 Å².